The molecule has 23 heavy (non-hydrogen) atoms. The Labute approximate surface area is 138 Å². The molecule has 0 spiro atoms. The van der Waals surface area contributed by atoms with Crippen molar-refractivity contribution in [2.75, 3.05) is 26.7 Å². The third-order valence-electron chi connectivity index (χ3n) is 4.41. The van der Waals surface area contributed by atoms with E-state index in [1.165, 1.54) is 5.56 Å². The van der Waals surface area contributed by atoms with Gasteiger partial charge >= 0.3 is 0 Å². The summed E-state index contributed by atoms with van der Waals surface area (Å²) in [6.07, 6.45) is 2.07. The van der Waals surface area contributed by atoms with E-state index in [-0.39, 0.29) is 0 Å². The lowest BCUT2D eigenvalue weighted by molar-refractivity contribution is 0.149. The van der Waals surface area contributed by atoms with Crippen LogP contribution < -0.4 is 10.1 Å². The Morgan fingerprint density at radius 3 is 2.87 bits per heavy atom. The van der Waals surface area contributed by atoms with Gasteiger partial charge in [-0.15, -0.1) is 0 Å². The van der Waals surface area contributed by atoms with Crippen molar-refractivity contribution in [3.8, 4) is 5.75 Å². The summed E-state index contributed by atoms with van der Waals surface area (Å²) >= 11 is 0. The van der Waals surface area contributed by atoms with Crippen LogP contribution in [0.1, 0.15) is 37.2 Å². The van der Waals surface area contributed by atoms with E-state index in [4.69, 9.17) is 9.84 Å². The molecule has 3 rings (SSSR count). The van der Waals surface area contributed by atoms with Crippen LogP contribution in [-0.4, -0.2) is 41.4 Å². The van der Waals surface area contributed by atoms with E-state index in [0.29, 0.717) is 12.1 Å². The normalized spacial score (nSPS) is 19.2. The molecular weight excluding hydrogens is 288 g/mol. The molecule has 0 radical (unpaired) electrons. The van der Waals surface area contributed by atoms with Crippen molar-refractivity contribution in [1.29, 1.82) is 0 Å². The van der Waals surface area contributed by atoms with Crippen LogP contribution >= 0.6 is 0 Å². The van der Waals surface area contributed by atoms with Gasteiger partial charge < -0.3 is 10.1 Å². The maximum Gasteiger partial charge on any atom is 0.123 e. The first-order chi connectivity index (χ1) is 11.2. The minimum atomic E-state index is 0.309. The van der Waals surface area contributed by atoms with Crippen molar-refractivity contribution in [3.05, 3.63) is 47.8 Å². The molecule has 1 aliphatic heterocycles. The highest BCUT2D eigenvalue weighted by molar-refractivity contribution is 5.36. The lowest BCUT2D eigenvalue weighted by Crippen LogP contribution is -2.45. The molecule has 2 heterocycles. The van der Waals surface area contributed by atoms with Crippen LogP contribution in [0.5, 0.6) is 5.75 Å². The van der Waals surface area contributed by atoms with Gasteiger partial charge in [0, 0.05) is 44.0 Å². The molecule has 2 aromatic rings. The summed E-state index contributed by atoms with van der Waals surface area (Å²) in [5.41, 5.74) is 2.37. The number of hydrogen-bond donors (Lipinski definition) is 1. The molecular formula is C18H26N4O. The van der Waals surface area contributed by atoms with Crippen LogP contribution in [0.25, 0.3) is 0 Å². The number of nitrogens with one attached hydrogen (secondary N) is 1. The van der Waals surface area contributed by atoms with E-state index in [2.05, 4.69) is 48.5 Å². The second-order valence-corrected chi connectivity index (χ2v) is 6.31. The average Bonchev–Trinajstić information content (AvgIpc) is 3.04. The molecule has 1 aromatic heterocycles. The molecule has 1 N–H and O–H groups in total. The van der Waals surface area contributed by atoms with Crippen molar-refractivity contribution >= 4 is 0 Å². The van der Waals surface area contributed by atoms with Crippen molar-refractivity contribution in [1.82, 2.24) is 20.0 Å². The van der Waals surface area contributed by atoms with Gasteiger partial charge in [-0.05, 0) is 26.0 Å². The number of benzene rings is 1. The van der Waals surface area contributed by atoms with E-state index in [1.807, 2.05) is 16.8 Å². The monoisotopic (exact) mass is 314 g/mol. The lowest BCUT2D eigenvalue weighted by atomic mass is 10.0. The highest BCUT2D eigenvalue weighted by atomic mass is 16.5. The first-order valence-corrected chi connectivity index (χ1v) is 8.30. The molecule has 0 saturated carbocycles. The summed E-state index contributed by atoms with van der Waals surface area (Å²) in [5.74, 6) is 0.957. The molecule has 124 valence electrons. The number of rotatable bonds is 5. The molecule has 5 heteroatoms. The fourth-order valence-corrected chi connectivity index (χ4v) is 3.14. The van der Waals surface area contributed by atoms with Gasteiger partial charge in [-0.2, -0.15) is 5.10 Å². The molecule has 0 bridgehead atoms. The number of hydrogen-bond acceptors (Lipinski definition) is 4. The minimum Gasteiger partial charge on any atom is -0.496 e. The van der Waals surface area contributed by atoms with Gasteiger partial charge in [-0.25, -0.2) is 0 Å². The number of methoxy groups -OCH3 is 1. The number of piperazine rings is 1. The molecule has 1 fully saturated rings. The topological polar surface area (TPSA) is 42.3 Å². The molecule has 1 saturated heterocycles. The summed E-state index contributed by atoms with van der Waals surface area (Å²) in [6.45, 7) is 8.13. The van der Waals surface area contributed by atoms with Crippen LogP contribution in [0, 0.1) is 0 Å². The average molecular weight is 314 g/mol. The Hall–Kier alpha value is -1.85. The number of aromatic nitrogens is 2. The third-order valence-corrected chi connectivity index (χ3v) is 4.41. The van der Waals surface area contributed by atoms with E-state index >= 15 is 0 Å². The maximum absolute atomic E-state index is 5.56. The molecule has 1 aromatic carbocycles. The van der Waals surface area contributed by atoms with Gasteiger partial charge in [0.15, 0.2) is 0 Å². The molecule has 5 nitrogen and oxygen atoms in total. The Kier molecular flexibility index (Phi) is 4.98. The standard InChI is InChI=1S/C18H26N4O/c1-14(2)22-10-8-15(20-22)13-21-11-9-19-12-17(21)16-6-4-5-7-18(16)23-3/h4-8,10,14,17,19H,9,11-13H2,1-3H3. The van der Waals surface area contributed by atoms with Gasteiger partial charge in [-0.3, -0.25) is 9.58 Å². The van der Waals surface area contributed by atoms with Gasteiger partial charge in [0.2, 0.25) is 0 Å². The largest absolute Gasteiger partial charge is 0.496 e. The highest BCUT2D eigenvalue weighted by Gasteiger charge is 2.26. The highest BCUT2D eigenvalue weighted by Crippen LogP contribution is 2.30. The van der Waals surface area contributed by atoms with E-state index < -0.39 is 0 Å². The zero-order chi connectivity index (χ0) is 16.2. The predicted molar refractivity (Wildman–Crippen MR) is 91.6 cm³/mol. The summed E-state index contributed by atoms with van der Waals surface area (Å²) < 4.78 is 7.58. The van der Waals surface area contributed by atoms with Crippen LogP contribution in [0.4, 0.5) is 0 Å². The first kappa shape index (κ1) is 16.0. The summed E-state index contributed by atoms with van der Waals surface area (Å²) in [7, 11) is 1.74. The maximum atomic E-state index is 5.56. The fourth-order valence-electron chi connectivity index (χ4n) is 3.14. The van der Waals surface area contributed by atoms with Gasteiger partial charge in [-0.1, -0.05) is 18.2 Å². The van der Waals surface area contributed by atoms with Gasteiger partial charge in [0.25, 0.3) is 0 Å². The first-order valence-electron chi connectivity index (χ1n) is 8.30. The van der Waals surface area contributed by atoms with Crippen LogP contribution in [0.3, 0.4) is 0 Å². The SMILES string of the molecule is COc1ccccc1C1CNCCN1Cc1ccn(C(C)C)n1. The van der Waals surface area contributed by atoms with Crippen molar-refractivity contribution in [2.24, 2.45) is 0 Å². The summed E-state index contributed by atoms with van der Waals surface area (Å²) in [4.78, 5) is 2.49. The van der Waals surface area contributed by atoms with Crippen molar-refractivity contribution in [3.63, 3.8) is 0 Å². The van der Waals surface area contributed by atoms with Gasteiger partial charge in [0.05, 0.1) is 18.8 Å². The van der Waals surface area contributed by atoms with Crippen LogP contribution in [0.15, 0.2) is 36.5 Å². The van der Waals surface area contributed by atoms with Crippen LogP contribution in [0.2, 0.25) is 0 Å². The summed E-state index contributed by atoms with van der Waals surface area (Å²) in [6, 6.07) is 11.1. The second kappa shape index (κ2) is 7.15. The van der Waals surface area contributed by atoms with Crippen molar-refractivity contribution in [2.45, 2.75) is 32.5 Å². The Morgan fingerprint density at radius 2 is 2.13 bits per heavy atom. The minimum absolute atomic E-state index is 0.309. The molecule has 1 aliphatic rings. The second-order valence-electron chi connectivity index (χ2n) is 6.31. The van der Waals surface area contributed by atoms with E-state index in [9.17, 15) is 0 Å². The van der Waals surface area contributed by atoms with Crippen molar-refractivity contribution < 1.29 is 4.74 Å². The number of para-hydroxylation sites is 1. The molecule has 0 amide bonds. The number of ether oxygens (including phenoxy) is 1. The smallest absolute Gasteiger partial charge is 0.123 e. The quantitative estimate of drug-likeness (QED) is 0.921. The Morgan fingerprint density at radius 1 is 1.30 bits per heavy atom. The third kappa shape index (κ3) is 3.57. The zero-order valence-electron chi connectivity index (χ0n) is 14.2. The lowest BCUT2D eigenvalue weighted by Gasteiger charge is -2.36. The Balaban J connectivity index is 1.81. The zero-order valence-corrected chi connectivity index (χ0v) is 14.2. The summed E-state index contributed by atoms with van der Waals surface area (Å²) in [5, 5.41) is 8.20. The van der Waals surface area contributed by atoms with E-state index in [1.54, 1.807) is 7.11 Å². The fraction of sp³-hybridized carbons (Fsp3) is 0.500. The molecule has 0 aliphatic carbocycles. The van der Waals surface area contributed by atoms with Gasteiger partial charge in [0.1, 0.15) is 5.75 Å². The molecule has 1 atom stereocenters. The molecule has 1 unspecified atom stereocenters. The predicted octanol–water partition coefficient (Wildman–Crippen LogP) is 2.62. The number of nitrogens with zero attached hydrogens (tertiary/aromatic N) is 3. The van der Waals surface area contributed by atoms with Crippen LogP contribution in [-0.2, 0) is 6.54 Å². The van der Waals surface area contributed by atoms with E-state index in [0.717, 1.165) is 37.6 Å². The Bertz CT molecular complexity index is 637.